The van der Waals surface area contributed by atoms with Crippen LogP contribution in [0.1, 0.15) is 30.4 Å². The zero-order chi connectivity index (χ0) is 15.4. The number of hydrogen-bond donors (Lipinski definition) is 1. The Labute approximate surface area is 130 Å². The van der Waals surface area contributed by atoms with E-state index < -0.39 is 0 Å². The Morgan fingerprint density at radius 1 is 1.48 bits per heavy atom. The molecule has 1 N–H and O–H groups in total. The molecule has 21 heavy (non-hydrogen) atoms. The molecule has 0 amide bonds. The smallest absolute Gasteiger partial charge is 0.131 e. The van der Waals surface area contributed by atoms with E-state index in [0.717, 1.165) is 23.4 Å². The summed E-state index contributed by atoms with van der Waals surface area (Å²) in [7, 11) is 1.83. The molecule has 0 saturated carbocycles. The molecule has 0 fully saturated rings. The van der Waals surface area contributed by atoms with Gasteiger partial charge in [0, 0.05) is 25.2 Å². The highest BCUT2D eigenvalue weighted by molar-refractivity contribution is 6.30. The summed E-state index contributed by atoms with van der Waals surface area (Å²) in [4.78, 5) is 2.18. The number of aryl methyl sites for hydroxylation is 2. The lowest BCUT2D eigenvalue weighted by molar-refractivity contribution is 0.0997. The number of hydrogen-bond acceptors (Lipinski definition) is 4. The highest BCUT2D eigenvalue weighted by atomic mass is 35.5. The van der Waals surface area contributed by atoms with Crippen LogP contribution in [0.4, 0.5) is 0 Å². The zero-order valence-corrected chi connectivity index (χ0v) is 13.5. The van der Waals surface area contributed by atoms with Gasteiger partial charge in [0.15, 0.2) is 0 Å². The summed E-state index contributed by atoms with van der Waals surface area (Å²) in [5.41, 5.74) is 1.91. The number of nitrogens with zero attached hydrogens (tertiary/aromatic N) is 3. The molecule has 6 heteroatoms. The Balaban J connectivity index is 2.22. The van der Waals surface area contributed by atoms with E-state index in [4.69, 9.17) is 16.0 Å². The lowest BCUT2D eigenvalue weighted by Gasteiger charge is -2.29. The Hall–Kier alpha value is -1.30. The van der Waals surface area contributed by atoms with Gasteiger partial charge >= 0.3 is 0 Å². The van der Waals surface area contributed by atoms with Crippen LogP contribution in [-0.4, -0.2) is 32.4 Å². The number of rotatable bonds is 7. The predicted molar refractivity (Wildman–Crippen MR) is 82.1 cm³/mol. The van der Waals surface area contributed by atoms with Crippen LogP contribution >= 0.6 is 11.6 Å². The summed E-state index contributed by atoms with van der Waals surface area (Å²) in [5, 5.41) is 14.6. The zero-order valence-electron chi connectivity index (χ0n) is 12.7. The van der Waals surface area contributed by atoms with Gasteiger partial charge in [-0.25, -0.2) is 0 Å². The molecule has 0 aromatic carbocycles. The summed E-state index contributed by atoms with van der Waals surface area (Å²) in [6.45, 7) is 5.39. The standard InChI is InChI=1S/C15H22ClN3O2/c1-4-12(10-20)19(8-13-6-5-7-21-13)9-14-11(2)17-18(3)15(14)16/h5-7,12,20H,4,8-10H2,1-3H3/t12-/m0/s1. The maximum Gasteiger partial charge on any atom is 0.131 e. The molecule has 0 aliphatic heterocycles. The van der Waals surface area contributed by atoms with Crippen LogP contribution < -0.4 is 0 Å². The average Bonchev–Trinajstić information content (AvgIpc) is 3.04. The van der Waals surface area contributed by atoms with Crippen LogP contribution in [0.5, 0.6) is 0 Å². The van der Waals surface area contributed by atoms with Gasteiger partial charge in [-0.05, 0) is 25.5 Å². The molecule has 0 bridgehead atoms. The molecule has 2 aromatic heterocycles. The minimum atomic E-state index is 0.0609. The van der Waals surface area contributed by atoms with Gasteiger partial charge in [-0.15, -0.1) is 0 Å². The normalized spacial score (nSPS) is 13.0. The highest BCUT2D eigenvalue weighted by Gasteiger charge is 2.21. The van der Waals surface area contributed by atoms with Crippen molar-refractivity contribution >= 4 is 11.6 Å². The van der Waals surface area contributed by atoms with Gasteiger partial charge in [0.25, 0.3) is 0 Å². The van der Waals surface area contributed by atoms with Crippen molar-refractivity contribution in [2.75, 3.05) is 6.61 Å². The first-order valence-electron chi connectivity index (χ1n) is 7.12. The minimum absolute atomic E-state index is 0.0609. The molecule has 0 unspecified atom stereocenters. The fourth-order valence-electron chi connectivity index (χ4n) is 2.48. The second-order valence-electron chi connectivity index (χ2n) is 5.21. The van der Waals surface area contributed by atoms with E-state index in [2.05, 4.69) is 16.9 Å². The molecule has 2 aromatic rings. The van der Waals surface area contributed by atoms with Crippen molar-refractivity contribution in [1.82, 2.24) is 14.7 Å². The molecule has 116 valence electrons. The van der Waals surface area contributed by atoms with Crippen molar-refractivity contribution in [3.8, 4) is 0 Å². The summed E-state index contributed by atoms with van der Waals surface area (Å²) < 4.78 is 7.11. The van der Waals surface area contributed by atoms with E-state index in [1.165, 1.54) is 0 Å². The second-order valence-corrected chi connectivity index (χ2v) is 5.57. The van der Waals surface area contributed by atoms with Crippen molar-refractivity contribution < 1.29 is 9.52 Å². The average molecular weight is 312 g/mol. The quantitative estimate of drug-likeness (QED) is 0.854. The topological polar surface area (TPSA) is 54.4 Å². The van der Waals surface area contributed by atoms with Crippen molar-refractivity contribution in [2.45, 2.75) is 39.4 Å². The third-order valence-electron chi connectivity index (χ3n) is 3.77. The number of aromatic nitrogens is 2. The van der Waals surface area contributed by atoms with Crippen LogP contribution in [0.15, 0.2) is 22.8 Å². The van der Waals surface area contributed by atoms with Crippen LogP contribution in [0.25, 0.3) is 0 Å². The fraction of sp³-hybridized carbons (Fsp3) is 0.533. The van der Waals surface area contributed by atoms with Crippen molar-refractivity contribution in [3.63, 3.8) is 0 Å². The summed E-state index contributed by atoms with van der Waals surface area (Å²) >= 11 is 6.32. The Kier molecular flexibility index (Phi) is 5.45. The molecule has 0 saturated heterocycles. The van der Waals surface area contributed by atoms with Gasteiger partial charge in [0.05, 0.1) is 25.1 Å². The molecule has 0 spiro atoms. The highest BCUT2D eigenvalue weighted by Crippen LogP contribution is 2.23. The van der Waals surface area contributed by atoms with E-state index in [1.54, 1.807) is 10.9 Å². The fourth-order valence-corrected chi connectivity index (χ4v) is 2.71. The van der Waals surface area contributed by atoms with E-state index >= 15 is 0 Å². The van der Waals surface area contributed by atoms with Gasteiger partial charge in [0.1, 0.15) is 10.9 Å². The monoisotopic (exact) mass is 311 g/mol. The van der Waals surface area contributed by atoms with Crippen molar-refractivity contribution in [1.29, 1.82) is 0 Å². The van der Waals surface area contributed by atoms with Gasteiger partial charge in [-0.2, -0.15) is 5.10 Å². The third-order valence-corrected chi connectivity index (χ3v) is 4.24. The van der Waals surface area contributed by atoms with E-state index in [-0.39, 0.29) is 12.6 Å². The minimum Gasteiger partial charge on any atom is -0.468 e. The Morgan fingerprint density at radius 3 is 2.71 bits per heavy atom. The number of aliphatic hydroxyl groups is 1. The Morgan fingerprint density at radius 2 is 2.24 bits per heavy atom. The third kappa shape index (κ3) is 3.67. The van der Waals surface area contributed by atoms with Gasteiger partial charge in [-0.1, -0.05) is 18.5 Å². The van der Waals surface area contributed by atoms with Crippen LogP contribution in [-0.2, 0) is 20.1 Å². The maximum atomic E-state index is 9.62. The first-order valence-corrected chi connectivity index (χ1v) is 7.49. The van der Waals surface area contributed by atoms with Crippen molar-refractivity contribution in [3.05, 3.63) is 40.6 Å². The SMILES string of the molecule is CC[C@@H](CO)N(Cc1ccco1)Cc1c(C)nn(C)c1Cl. The summed E-state index contributed by atoms with van der Waals surface area (Å²) in [5.74, 6) is 0.875. The predicted octanol–water partition coefficient (Wildman–Crippen LogP) is 2.75. The molecule has 5 nitrogen and oxygen atoms in total. The Bertz CT molecular complexity index is 562. The molecule has 0 radical (unpaired) electrons. The molecule has 0 aliphatic rings. The van der Waals surface area contributed by atoms with Crippen LogP contribution in [0, 0.1) is 6.92 Å². The van der Waals surface area contributed by atoms with E-state index in [1.807, 2.05) is 26.1 Å². The number of aliphatic hydroxyl groups excluding tert-OH is 1. The molecule has 0 aliphatic carbocycles. The van der Waals surface area contributed by atoms with Crippen LogP contribution in [0.3, 0.4) is 0 Å². The molecule has 2 heterocycles. The molecular weight excluding hydrogens is 290 g/mol. The first kappa shape index (κ1) is 16.1. The summed E-state index contributed by atoms with van der Waals surface area (Å²) in [6.07, 6.45) is 2.52. The lowest BCUT2D eigenvalue weighted by atomic mass is 10.1. The van der Waals surface area contributed by atoms with Crippen LogP contribution in [0.2, 0.25) is 5.15 Å². The lowest BCUT2D eigenvalue weighted by Crippen LogP contribution is -2.36. The van der Waals surface area contributed by atoms with E-state index in [0.29, 0.717) is 18.2 Å². The number of halogens is 1. The second kappa shape index (κ2) is 7.11. The molecular formula is C15H22ClN3O2. The first-order chi connectivity index (χ1) is 10.1. The van der Waals surface area contributed by atoms with Gasteiger partial charge < -0.3 is 9.52 Å². The molecule has 2 rings (SSSR count). The molecule has 1 atom stereocenters. The summed E-state index contributed by atoms with van der Waals surface area (Å²) in [6, 6.07) is 3.87. The largest absolute Gasteiger partial charge is 0.468 e. The number of furan rings is 1. The van der Waals surface area contributed by atoms with E-state index in [9.17, 15) is 5.11 Å². The van der Waals surface area contributed by atoms with Crippen molar-refractivity contribution in [2.24, 2.45) is 7.05 Å². The van der Waals surface area contributed by atoms with Gasteiger partial charge in [0.2, 0.25) is 0 Å². The maximum absolute atomic E-state index is 9.62. The van der Waals surface area contributed by atoms with Gasteiger partial charge in [-0.3, -0.25) is 9.58 Å².